The SMILES string of the molecule is NOCC(=O)NCCCOCCOCCOCCCNC(=O)CCCC[C@@H]1SC[C@@H]2NC(=O)N[C@@H]21. The summed E-state index contributed by atoms with van der Waals surface area (Å²) < 4.78 is 16.3. The van der Waals surface area contributed by atoms with Gasteiger partial charge < -0.3 is 35.5 Å². The van der Waals surface area contributed by atoms with E-state index in [2.05, 4.69) is 26.1 Å². The number of fused-ring (bicyclic) bond motifs is 1. The molecule has 2 fully saturated rings. The summed E-state index contributed by atoms with van der Waals surface area (Å²) in [6.45, 7) is 4.04. The molecule has 0 aliphatic carbocycles. The summed E-state index contributed by atoms with van der Waals surface area (Å²) in [5.74, 6) is 5.60. The first-order valence-electron chi connectivity index (χ1n) is 12.4. The van der Waals surface area contributed by atoms with E-state index in [1.807, 2.05) is 11.8 Å². The Balaban J connectivity index is 1.27. The van der Waals surface area contributed by atoms with E-state index in [-0.39, 0.29) is 36.5 Å². The standard InChI is InChI=1S/C22H41N5O7S/c23-34-15-20(29)25-8-4-10-32-12-14-33-13-11-31-9-3-7-24-19(28)6-2-1-5-18-21-17(16-35-18)26-22(30)27-21/h17-18,21H,1-16,23H2,(H,24,28)(H,25,29)(H2,26,27,30)/t17-,18-,21-/m0/s1. The number of ether oxygens (including phenoxy) is 3. The second-order valence-electron chi connectivity index (χ2n) is 8.42. The second kappa shape index (κ2) is 18.6. The summed E-state index contributed by atoms with van der Waals surface area (Å²) in [5.41, 5.74) is 0. The molecule has 35 heavy (non-hydrogen) atoms. The normalized spacial score (nSPS) is 20.8. The van der Waals surface area contributed by atoms with Gasteiger partial charge in [0.15, 0.2) is 0 Å². The van der Waals surface area contributed by atoms with Crippen LogP contribution in [0.15, 0.2) is 0 Å². The van der Waals surface area contributed by atoms with Gasteiger partial charge in [0, 0.05) is 43.7 Å². The third kappa shape index (κ3) is 13.3. The van der Waals surface area contributed by atoms with Gasteiger partial charge in [0.2, 0.25) is 11.8 Å². The van der Waals surface area contributed by atoms with Crippen molar-refractivity contribution in [2.45, 2.75) is 55.9 Å². The van der Waals surface area contributed by atoms with Gasteiger partial charge >= 0.3 is 6.03 Å². The number of nitrogens with one attached hydrogen (secondary N) is 4. The monoisotopic (exact) mass is 519 g/mol. The molecule has 0 bridgehead atoms. The molecule has 4 amide bonds. The van der Waals surface area contributed by atoms with Crippen LogP contribution in [0.2, 0.25) is 0 Å². The predicted octanol–water partition coefficient (Wildman–Crippen LogP) is -0.335. The number of hydrogen-bond acceptors (Lipinski definition) is 9. The first-order chi connectivity index (χ1) is 17.1. The Hall–Kier alpha value is -1.64. The summed E-state index contributed by atoms with van der Waals surface area (Å²) >= 11 is 1.90. The van der Waals surface area contributed by atoms with Crippen LogP contribution < -0.4 is 27.2 Å². The van der Waals surface area contributed by atoms with Crippen LogP contribution >= 0.6 is 11.8 Å². The van der Waals surface area contributed by atoms with E-state index >= 15 is 0 Å². The zero-order valence-electron chi connectivity index (χ0n) is 20.4. The summed E-state index contributed by atoms with van der Waals surface area (Å²) in [7, 11) is 0. The highest BCUT2D eigenvalue weighted by Gasteiger charge is 2.42. The van der Waals surface area contributed by atoms with E-state index in [1.165, 1.54) is 0 Å². The van der Waals surface area contributed by atoms with Crippen LogP contribution in [0.4, 0.5) is 4.79 Å². The molecule has 12 nitrogen and oxygen atoms in total. The molecule has 0 unspecified atom stereocenters. The molecule has 0 radical (unpaired) electrons. The van der Waals surface area contributed by atoms with Crippen molar-refractivity contribution in [2.24, 2.45) is 5.90 Å². The molecule has 2 aliphatic rings. The van der Waals surface area contributed by atoms with Gasteiger partial charge in [-0.2, -0.15) is 11.8 Å². The number of carbonyl (C=O) groups is 3. The summed E-state index contributed by atoms with van der Waals surface area (Å²) in [6, 6.07) is 0.429. The molecule has 2 saturated heterocycles. The Kier molecular flexibility index (Phi) is 15.7. The highest BCUT2D eigenvalue weighted by molar-refractivity contribution is 8.00. The zero-order valence-corrected chi connectivity index (χ0v) is 21.2. The van der Waals surface area contributed by atoms with E-state index in [1.54, 1.807) is 0 Å². The molecule has 2 rings (SSSR count). The highest BCUT2D eigenvalue weighted by Crippen LogP contribution is 2.33. The fourth-order valence-corrected chi connectivity index (χ4v) is 5.38. The maximum atomic E-state index is 12.0. The van der Waals surface area contributed by atoms with Crippen LogP contribution in [-0.4, -0.2) is 100 Å². The van der Waals surface area contributed by atoms with Crippen molar-refractivity contribution >= 4 is 29.6 Å². The van der Waals surface area contributed by atoms with Gasteiger partial charge in [-0.25, -0.2) is 10.7 Å². The number of unbranched alkanes of at least 4 members (excludes halogenated alkanes) is 1. The van der Waals surface area contributed by atoms with Crippen molar-refractivity contribution in [1.29, 1.82) is 0 Å². The van der Waals surface area contributed by atoms with Gasteiger partial charge in [-0.1, -0.05) is 6.42 Å². The minimum Gasteiger partial charge on any atom is -0.379 e. The van der Waals surface area contributed by atoms with Gasteiger partial charge in [0.25, 0.3) is 0 Å². The van der Waals surface area contributed by atoms with E-state index in [9.17, 15) is 14.4 Å². The number of nitrogens with two attached hydrogens (primary N) is 1. The molecule has 2 aliphatic heterocycles. The molecule has 2 heterocycles. The van der Waals surface area contributed by atoms with Crippen LogP contribution in [0.3, 0.4) is 0 Å². The molecule has 0 aromatic heterocycles. The Morgan fingerprint density at radius 2 is 1.51 bits per heavy atom. The smallest absolute Gasteiger partial charge is 0.315 e. The predicted molar refractivity (Wildman–Crippen MR) is 132 cm³/mol. The lowest BCUT2D eigenvalue weighted by atomic mass is 10.0. The van der Waals surface area contributed by atoms with Crippen LogP contribution in [-0.2, 0) is 28.6 Å². The molecule has 0 aromatic rings. The number of amides is 4. The third-order valence-electron chi connectivity index (χ3n) is 5.61. The zero-order chi connectivity index (χ0) is 25.1. The van der Waals surface area contributed by atoms with Crippen molar-refractivity contribution in [3.05, 3.63) is 0 Å². The van der Waals surface area contributed by atoms with Crippen molar-refractivity contribution in [3.63, 3.8) is 0 Å². The molecule has 13 heteroatoms. The molecule has 6 N–H and O–H groups in total. The average Bonchev–Trinajstić information content (AvgIpc) is 3.38. The molecule has 0 spiro atoms. The summed E-state index contributed by atoms with van der Waals surface area (Å²) in [6.07, 6.45) is 4.87. The lowest BCUT2D eigenvalue weighted by molar-refractivity contribution is -0.125. The molecule has 0 aromatic carbocycles. The molecular formula is C22H41N5O7S. The minimum atomic E-state index is -0.249. The Morgan fingerprint density at radius 3 is 2.17 bits per heavy atom. The van der Waals surface area contributed by atoms with Gasteiger partial charge in [-0.05, 0) is 25.7 Å². The topological polar surface area (TPSA) is 162 Å². The first-order valence-corrected chi connectivity index (χ1v) is 13.4. The number of hydrogen-bond donors (Lipinski definition) is 5. The van der Waals surface area contributed by atoms with Gasteiger partial charge in [-0.15, -0.1) is 0 Å². The number of carbonyl (C=O) groups excluding carboxylic acids is 3. The fraction of sp³-hybridized carbons (Fsp3) is 0.864. The van der Waals surface area contributed by atoms with Gasteiger partial charge in [0.05, 0.1) is 38.5 Å². The Labute approximate surface area is 211 Å². The van der Waals surface area contributed by atoms with Gasteiger partial charge in [-0.3, -0.25) is 14.4 Å². The highest BCUT2D eigenvalue weighted by atomic mass is 32.2. The Morgan fingerprint density at radius 1 is 0.886 bits per heavy atom. The minimum absolute atomic E-state index is 0.0570. The quantitative estimate of drug-likeness (QED) is 0.0776. The van der Waals surface area contributed by atoms with E-state index < -0.39 is 0 Å². The fourth-order valence-electron chi connectivity index (χ4n) is 3.84. The van der Waals surface area contributed by atoms with Crippen LogP contribution in [0.1, 0.15) is 38.5 Å². The average molecular weight is 520 g/mol. The largest absolute Gasteiger partial charge is 0.379 e. The van der Waals surface area contributed by atoms with Crippen LogP contribution in [0.25, 0.3) is 0 Å². The molecule has 0 saturated carbocycles. The lowest BCUT2D eigenvalue weighted by Gasteiger charge is -2.16. The van der Waals surface area contributed by atoms with E-state index in [0.717, 1.165) is 31.4 Å². The maximum absolute atomic E-state index is 12.0. The van der Waals surface area contributed by atoms with Crippen molar-refractivity contribution in [2.75, 3.05) is 65.1 Å². The van der Waals surface area contributed by atoms with E-state index in [0.29, 0.717) is 70.8 Å². The maximum Gasteiger partial charge on any atom is 0.315 e. The molecular weight excluding hydrogens is 478 g/mol. The van der Waals surface area contributed by atoms with Crippen LogP contribution in [0.5, 0.6) is 0 Å². The number of thioether (sulfide) groups is 1. The molecule has 202 valence electrons. The van der Waals surface area contributed by atoms with E-state index in [4.69, 9.17) is 20.1 Å². The van der Waals surface area contributed by atoms with Crippen molar-refractivity contribution in [3.8, 4) is 0 Å². The van der Waals surface area contributed by atoms with Crippen molar-refractivity contribution in [1.82, 2.24) is 21.3 Å². The Bertz CT molecular complexity index is 631. The van der Waals surface area contributed by atoms with Gasteiger partial charge in [0.1, 0.15) is 6.61 Å². The number of urea groups is 1. The van der Waals surface area contributed by atoms with Crippen molar-refractivity contribution < 1.29 is 33.4 Å². The summed E-state index contributed by atoms with van der Waals surface area (Å²) in [4.78, 5) is 38.7. The third-order valence-corrected chi connectivity index (χ3v) is 7.12. The molecule has 3 atom stereocenters. The van der Waals surface area contributed by atoms with Crippen LogP contribution in [0, 0.1) is 0 Å². The second-order valence-corrected chi connectivity index (χ2v) is 9.69. The lowest BCUT2D eigenvalue weighted by Crippen LogP contribution is -2.36. The summed E-state index contributed by atoms with van der Waals surface area (Å²) in [5, 5.41) is 12.0. The first kappa shape index (κ1) is 29.6. The number of rotatable bonds is 21.